The number of hydrogen-bond donors (Lipinski definition) is 0. The number of nitriles is 1. The molecule has 0 saturated heterocycles. The lowest BCUT2D eigenvalue weighted by Crippen LogP contribution is -2.34. The summed E-state index contributed by atoms with van der Waals surface area (Å²) < 4.78 is 0. The molecule has 1 amide bonds. The van der Waals surface area contributed by atoms with Crippen LogP contribution in [0, 0.1) is 17.2 Å². The van der Waals surface area contributed by atoms with Gasteiger partial charge in [0, 0.05) is 19.5 Å². The third-order valence-electron chi connectivity index (χ3n) is 2.43. The molecule has 0 aromatic carbocycles. The van der Waals surface area contributed by atoms with Crippen LogP contribution in [-0.2, 0) is 4.79 Å². The molecule has 3 nitrogen and oxygen atoms in total. The van der Waals surface area contributed by atoms with E-state index in [1.54, 1.807) is 0 Å². The molecule has 0 rings (SSSR count). The van der Waals surface area contributed by atoms with Gasteiger partial charge in [0.1, 0.15) is 0 Å². The molecule has 0 bridgehead atoms. The van der Waals surface area contributed by atoms with Crippen LogP contribution < -0.4 is 0 Å². The predicted molar refractivity (Wildman–Crippen MR) is 65.8 cm³/mol. The van der Waals surface area contributed by atoms with E-state index in [-0.39, 0.29) is 5.91 Å². The molecular weight excluding hydrogens is 200 g/mol. The first-order valence-electron chi connectivity index (χ1n) is 6.26. The fraction of sp³-hybridized carbons (Fsp3) is 0.846. The summed E-state index contributed by atoms with van der Waals surface area (Å²) >= 11 is 0. The van der Waals surface area contributed by atoms with Crippen LogP contribution in [0.5, 0.6) is 0 Å². The number of nitrogens with zero attached hydrogens (tertiary/aromatic N) is 2. The van der Waals surface area contributed by atoms with Crippen molar-refractivity contribution in [2.45, 2.75) is 52.9 Å². The fourth-order valence-electron chi connectivity index (χ4n) is 1.63. The normalized spacial score (nSPS) is 10.2. The van der Waals surface area contributed by atoms with Crippen LogP contribution in [0.1, 0.15) is 52.9 Å². The zero-order valence-electron chi connectivity index (χ0n) is 10.8. The minimum absolute atomic E-state index is 0.206. The highest BCUT2D eigenvalue weighted by Gasteiger charge is 2.13. The first-order chi connectivity index (χ1) is 7.61. The van der Waals surface area contributed by atoms with Gasteiger partial charge in [0.05, 0.1) is 12.5 Å². The Balaban J connectivity index is 4.05. The molecular formula is C13H24N2O. The molecule has 0 aliphatic rings. The average Bonchev–Trinajstić information content (AvgIpc) is 2.23. The van der Waals surface area contributed by atoms with Gasteiger partial charge in [0.2, 0.25) is 5.91 Å². The lowest BCUT2D eigenvalue weighted by Gasteiger charge is -2.23. The molecule has 0 aliphatic heterocycles. The van der Waals surface area contributed by atoms with Crippen molar-refractivity contribution < 1.29 is 4.79 Å². The Bertz CT molecular complexity index is 231. The summed E-state index contributed by atoms with van der Waals surface area (Å²) in [4.78, 5) is 13.7. The fourth-order valence-corrected chi connectivity index (χ4v) is 1.63. The lowest BCUT2D eigenvalue weighted by atomic mass is 10.1. The monoisotopic (exact) mass is 224 g/mol. The molecule has 0 unspecified atom stereocenters. The smallest absolute Gasteiger partial charge is 0.222 e. The molecule has 0 aromatic rings. The van der Waals surface area contributed by atoms with Crippen molar-refractivity contribution in [3.05, 3.63) is 0 Å². The quantitative estimate of drug-likeness (QED) is 0.595. The third-order valence-corrected chi connectivity index (χ3v) is 2.43. The van der Waals surface area contributed by atoms with Gasteiger partial charge in [-0.2, -0.15) is 5.26 Å². The van der Waals surface area contributed by atoms with Crippen LogP contribution >= 0.6 is 0 Å². The minimum atomic E-state index is 0.206. The van der Waals surface area contributed by atoms with E-state index >= 15 is 0 Å². The van der Waals surface area contributed by atoms with Crippen molar-refractivity contribution in [1.82, 2.24) is 4.90 Å². The van der Waals surface area contributed by atoms with E-state index in [0.29, 0.717) is 25.3 Å². The summed E-state index contributed by atoms with van der Waals surface area (Å²) in [5.74, 6) is 0.672. The maximum Gasteiger partial charge on any atom is 0.222 e. The van der Waals surface area contributed by atoms with Gasteiger partial charge in [-0.25, -0.2) is 0 Å². The maximum absolute atomic E-state index is 11.9. The Labute approximate surface area is 99.4 Å². The van der Waals surface area contributed by atoms with Gasteiger partial charge in [-0.15, -0.1) is 0 Å². The molecule has 0 atom stereocenters. The SMILES string of the molecule is CCCCCC(=O)N(CCC#N)CC(C)C. The van der Waals surface area contributed by atoms with Crippen LogP contribution in [0.25, 0.3) is 0 Å². The van der Waals surface area contributed by atoms with Crippen LogP contribution in [0.15, 0.2) is 0 Å². The van der Waals surface area contributed by atoms with E-state index in [0.717, 1.165) is 25.8 Å². The van der Waals surface area contributed by atoms with Crippen LogP contribution in [-0.4, -0.2) is 23.9 Å². The average molecular weight is 224 g/mol. The number of amides is 1. The summed E-state index contributed by atoms with van der Waals surface area (Å²) in [6.07, 6.45) is 4.28. The Kier molecular flexibility index (Phi) is 8.61. The minimum Gasteiger partial charge on any atom is -0.341 e. The standard InChI is InChI=1S/C13H24N2O/c1-4-5-6-8-13(16)15(10-7-9-14)11-12(2)3/h12H,4-8,10-11H2,1-3H3. The number of carbonyl (C=O) groups excluding carboxylic acids is 1. The van der Waals surface area contributed by atoms with E-state index in [1.807, 2.05) is 4.90 Å². The Hall–Kier alpha value is -1.04. The largest absolute Gasteiger partial charge is 0.341 e. The highest BCUT2D eigenvalue weighted by molar-refractivity contribution is 5.76. The van der Waals surface area contributed by atoms with Crippen molar-refractivity contribution in [3.8, 4) is 6.07 Å². The number of rotatable bonds is 8. The Morgan fingerprint density at radius 3 is 2.56 bits per heavy atom. The lowest BCUT2D eigenvalue weighted by molar-refractivity contribution is -0.131. The number of hydrogen-bond acceptors (Lipinski definition) is 2. The summed E-state index contributed by atoms with van der Waals surface area (Å²) in [6, 6.07) is 2.10. The maximum atomic E-state index is 11.9. The first kappa shape index (κ1) is 15.0. The van der Waals surface area contributed by atoms with E-state index in [9.17, 15) is 4.79 Å². The molecule has 0 aliphatic carbocycles. The summed E-state index contributed by atoms with van der Waals surface area (Å²) in [5.41, 5.74) is 0. The van der Waals surface area contributed by atoms with Gasteiger partial charge in [-0.05, 0) is 12.3 Å². The van der Waals surface area contributed by atoms with Gasteiger partial charge < -0.3 is 4.90 Å². The highest BCUT2D eigenvalue weighted by atomic mass is 16.2. The van der Waals surface area contributed by atoms with Crippen molar-refractivity contribution >= 4 is 5.91 Å². The zero-order valence-corrected chi connectivity index (χ0v) is 10.8. The van der Waals surface area contributed by atoms with Crippen molar-refractivity contribution in [2.24, 2.45) is 5.92 Å². The molecule has 0 radical (unpaired) electrons. The predicted octanol–water partition coefficient (Wildman–Crippen LogP) is 2.96. The summed E-state index contributed by atoms with van der Waals surface area (Å²) in [7, 11) is 0. The second kappa shape index (κ2) is 9.21. The van der Waals surface area contributed by atoms with Gasteiger partial charge in [-0.3, -0.25) is 4.79 Å². The third kappa shape index (κ3) is 7.28. The molecule has 0 saturated carbocycles. The van der Waals surface area contributed by atoms with Crippen molar-refractivity contribution in [3.63, 3.8) is 0 Å². The Morgan fingerprint density at radius 2 is 2.06 bits per heavy atom. The van der Waals surface area contributed by atoms with Gasteiger partial charge in [0.15, 0.2) is 0 Å². The molecule has 16 heavy (non-hydrogen) atoms. The molecule has 0 aromatic heterocycles. The van der Waals surface area contributed by atoms with E-state index in [2.05, 4.69) is 26.8 Å². The molecule has 0 N–H and O–H groups in total. The molecule has 3 heteroatoms. The van der Waals surface area contributed by atoms with E-state index in [1.165, 1.54) is 0 Å². The Morgan fingerprint density at radius 1 is 1.38 bits per heavy atom. The first-order valence-corrected chi connectivity index (χ1v) is 6.26. The highest BCUT2D eigenvalue weighted by Crippen LogP contribution is 2.06. The number of unbranched alkanes of at least 4 members (excludes halogenated alkanes) is 2. The van der Waals surface area contributed by atoms with Crippen molar-refractivity contribution in [1.29, 1.82) is 5.26 Å². The van der Waals surface area contributed by atoms with Gasteiger partial charge in [0.25, 0.3) is 0 Å². The van der Waals surface area contributed by atoms with Crippen LogP contribution in [0.4, 0.5) is 0 Å². The second-order valence-corrected chi connectivity index (χ2v) is 4.60. The van der Waals surface area contributed by atoms with Crippen molar-refractivity contribution in [2.75, 3.05) is 13.1 Å². The van der Waals surface area contributed by atoms with Crippen LogP contribution in [0.2, 0.25) is 0 Å². The molecule has 0 fully saturated rings. The number of carbonyl (C=O) groups is 1. The zero-order chi connectivity index (χ0) is 12.4. The summed E-state index contributed by atoms with van der Waals surface area (Å²) in [5, 5.41) is 8.56. The van der Waals surface area contributed by atoms with E-state index in [4.69, 9.17) is 5.26 Å². The topological polar surface area (TPSA) is 44.1 Å². The van der Waals surface area contributed by atoms with Crippen LogP contribution in [0.3, 0.4) is 0 Å². The summed E-state index contributed by atoms with van der Waals surface area (Å²) in [6.45, 7) is 7.68. The van der Waals surface area contributed by atoms with Gasteiger partial charge >= 0.3 is 0 Å². The molecule has 0 heterocycles. The molecule has 0 spiro atoms. The second-order valence-electron chi connectivity index (χ2n) is 4.60. The molecule has 92 valence electrons. The van der Waals surface area contributed by atoms with E-state index < -0.39 is 0 Å². The van der Waals surface area contributed by atoms with Gasteiger partial charge in [-0.1, -0.05) is 33.6 Å².